The molecular formula is C12H15N5O2S. The minimum Gasteiger partial charge on any atom is -0.480 e. The molecule has 7 nitrogen and oxygen atoms in total. The first kappa shape index (κ1) is 14.5. The van der Waals surface area contributed by atoms with Gasteiger partial charge in [0.2, 0.25) is 0 Å². The number of aliphatic carboxylic acids is 1. The lowest BCUT2D eigenvalue weighted by molar-refractivity contribution is -0.137. The molecule has 106 valence electrons. The molecule has 2 rings (SSSR count). The molecule has 0 radical (unpaired) electrons. The van der Waals surface area contributed by atoms with Crippen LogP contribution in [0.4, 0.5) is 0 Å². The Kier molecular flexibility index (Phi) is 4.70. The SMILES string of the molecule is Cc1ccc(-n2nnnc2CSCC(N)C(=O)O)cc1. The Morgan fingerprint density at radius 3 is 2.80 bits per heavy atom. The van der Waals surface area contributed by atoms with Crippen LogP contribution >= 0.6 is 11.8 Å². The number of thioether (sulfide) groups is 1. The van der Waals surface area contributed by atoms with Gasteiger partial charge in [-0.1, -0.05) is 17.7 Å². The fourth-order valence-electron chi connectivity index (χ4n) is 1.53. The number of hydrogen-bond acceptors (Lipinski definition) is 6. The molecule has 2 aromatic rings. The topological polar surface area (TPSA) is 107 Å². The van der Waals surface area contributed by atoms with Crippen LogP contribution in [0.1, 0.15) is 11.4 Å². The molecular weight excluding hydrogens is 278 g/mol. The molecule has 0 fully saturated rings. The van der Waals surface area contributed by atoms with E-state index in [1.165, 1.54) is 11.8 Å². The fraction of sp³-hybridized carbons (Fsp3) is 0.333. The monoisotopic (exact) mass is 293 g/mol. The molecule has 0 aliphatic heterocycles. The molecule has 3 N–H and O–H groups in total. The number of aromatic nitrogens is 4. The highest BCUT2D eigenvalue weighted by Crippen LogP contribution is 2.14. The second-order valence-corrected chi connectivity index (χ2v) is 5.33. The Labute approximate surface area is 120 Å². The fourth-order valence-corrected chi connectivity index (χ4v) is 2.41. The van der Waals surface area contributed by atoms with E-state index in [2.05, 4.69) is 15.5 Å². The molecule has 1 aromatic carbocycles. The van der Waals surface area contributed by atoms with Gasteiger partial charge in [0.15, 0.2) is 5.82 Å². The van der Waals surface area contributed by atoms with Crippen LogP contribution in [-0.2, 0) is 10.5 Å². The summed E-state index contributed by atoms with van der Waals surface area (Å²) >= 11 is 1.39. The normalized spacial score (nSPS) is 12.3. The Bertz CT molecular complexity index is 584. The standard InChI is InChI=1S/C12H15N5O2S/c1-8-2-4-9(5-3-8)17-11(14-15-16-17)7-20-6-10(13)12(18)19/h2-5,10H,6-7,13H2,1H3,(H,18,19). The number of benzene rings is 1. The number of aryl methyl sites for hydroxylation is 1. The molecule has 0 saturated heterocycles. The second-order valence-electron chi connectivity index (χ2n) is 4.30. The van der Waals surface area contributed by atoms with Crippen molar-refractivity contribution >= 4 is 17.7 Å². The van der Waals surface area contributed by atoms with Crippen LogP contribution in [-0.4, -0.2) is 43.1 Å². The maximum Gasteiger partial charge on any atom is 0.321 e. The van der Waals surface area contributed by atoms with Crippen LogP contribution < -0.4 is 5.73 Å². The number of carbonyl (C=O) groups is 1. The third kappa shape index (κ3) is 3.55. The van der Waals surface area contributed by atoms with Gasteiger partial charge in [-0.3, -0.25) is 4.79 Å². The minimum atomic E-state index is -1.00. The number of nitrogens with zero attached hydrogens (tertiary/aromatic N) is 4. The third-order valence-electron chi connectivity index (χ3n) is 2.66. The van der Waals surface area contributed by atoms with Crippen molar-refractivity contribution in [2.75, 3.05) is 5.75 Å². The van der Waals surface area contributed by atoms with Gasteiger partial charge in [-0.2, -0.15) is 16.4 Å². The van der Waals surface area contributed by atoms with Crippen LogP contribution in [0.15, 0.2) is 24.3 Å². The van der Waals surface area contributed by atoms with Gasteiger partial charge >= 0.3 is 5.97 Å². The van der Waals surface area contributed by atoms with Gasteiger partial charge in [0.25, 0.3) is 0 Å². The van der Waals surface area contributed by atoms with Gasteiger partial charge in [-0.15, -0.1) is 5.10 Å². The van der Waals surface area contributed by atoms with Gasteiger partial charge < -0.3 is 10.8 Å². The number of tetrazole rings is 1. The molecule has 1 atom stereocenters. The summed E-state index contributed by atoms with van der Waals surface area (Å²) in [7, 11) is 0. The van der Waals surface area contributed by atoms with E-state index in [1.807, 2.05) is 31.2 Å². The number of carboxylic acid groups (broad SMARTS) is 1. The summed E-state index contributed by atoms with van der Waals surface area (Å²) in [5.74, 6) is 0.477. The van der Waals surface area contributed by atoms with Crippen molar-refractivity contribution in [3.63, 3.8) is 0 Å². The lowest BCUT2D eigenvalue weighted by atomic mass is 10.2. The molecule has 20 heavy (non-hydrogen) atoms. The molecule has 8 heteroatoms. The van der Waals surface area contributed by atoms with Crippen molar-refractivity contribution in [1.82, 2.24) is 20.2 Å². The quantitative estimate of drug-likeness (QED) is 0.803. The van der Waals surface area contributed by atoms with Crippen LogP contribution in [0.2, 0.25) is 0 Å². The van der Waals surface area contributed by atoms with E-state index in [0.717, 1.165) is 11.3 Å². The molecule has 0 amide bonds. The van der Waals surface area contributed by atoms with Crippen LogP contribution in [0.5, 0.6) is 0 Å². The molecule has 0 spiro atoms. The van der Waals surface area contributed by atoms with E-state index >= 15 is 0 Å². The number of hydrogen-bond donors (Lipinski definition) is 2. The van der Waals surface area contributed by atoms with Gasteiger partial charge in [0.05, 0.1) is 11.4 Å². The maximum atomic E-state index is 10.6. The van der Waals surface area contributed by atoms with Crippen molar-refractivity contribution in [3.8, 4) is 5.69 Å². The molecule has 1 aromatic heterocycles. The molecule has 0 bridgehead atoms. The Morgan fingerprint density at radius 1 is 1.45 bits per heavy atom. The zero-order valence-corrected chi connectivity index (χ0v) is 11.7. The smallest absolute Gasteiger partial charge is 0.321 e. The molecule has 1 heterocycles. The van der Waals surface area contributed by atoms with Crippen molar-refractivity contribution in [2.24, 2.45) is 5.73 Å². The summed E-state index contributed by atoms with van der Waals surface area (Å²) in [6.07, 6.45) is 0. The summed E-state index contributed by atoms with van der Waals surface area (Å²) in [5, 5.41) is 20.3. The Hall–Kier alpha value is -1.93. The van der Waals surface area contributed by atoms with E-state index in [1.54, 1.807) is 4.68 Å². The maximum absolute atomic E-state index is 10.6. The number of nitrogens with two attached hydrogens (primary N) is 1. The third-order valence-corrected chi connectivity index (χ3v) is 3.72. The van der Waals surface area contributed by atoms with Gasteiger partial charge in [0, 0.05) is 5.75 Å². The Balaban J connectivity index is 2.02. The predicted molar refractivity (Wildman–Crippen MR) is 75.7 cm³/mol. The lowest BCUT2D eigenvalue weighted by Crippen LogP contribution is -2.32. The summed E-state index contributed by atoms with van der Waals surface area (Å²) in [4.78, 5) is 10.6. The highest BCUT2D eigenvalue weighted by atomic mass is 32.2. The number of carboxylic acids is 1. The molecule has 0 saturated carbocycles. The van der Waals surface area contributed by atoms with E-state index < -0.39 is 12.0 Å². The second kappa shape index (κ2) is 6.49. The molecule has 0 aliphatic rings. The van der Waals surface area contributed by atoms with E-state index in [9.17, 15) is 4.79 Å². The first-order valence-corrected chi connectivity index (χ1v) is 7.14. The zero-order chi connectivity index (χ0) is 14.5. The molecule has 1 unspecified atom stereocenters. The summed E-state index contributed by atoms with van der Waals surface area (Å²) in [6, 6.07) is 6.96. The van der Waals surface area contributed by atoms with Crippen LogP contribution in [0.3, 0.4) is 0 Å². The Morgan fingerprint density at radius 2 is 2.15 bits per heavy atom. The van der Waals surface area contributed by atoms with Crippen LogP contribution in [0, 0.1) is 6.92 Å². The first-order valence-electron chi connectivity index (χ1n) is 5.98. The van der Waals surface area contributed by atoms with Gasteiger partial charge in [0.1, 0.15) is 6.04 Å². The average molecular weight is 293 g/mol. The molecule has 0 aliphatic carbocycles. The highest BCUT2D eigenvalue weighted by molar-refractivity contribution is 7.98. The lowest BCUT2D eigenvalue weighted by Gasteiger charge is -2.07. The predicted octanol–water partition coefficient (Wildman–Crippen LogP) is 0.616. The van der Waals surface area contributed by atoms with Gasteiger partial charge in [-0.25, -0.2) is 0 Å². The van der Waals surface area contributed by atoms with Crippen molar-refractivity contribution in [3.05, 3.63) is 35.7 Å². The van der Waals surface area contributed by atoms with Crippen molar-refractivity contribution in [2.45, 2.75) is 18.7 Å². The average Bonchev–Trinajstić information content (AvgIpc) is 2.88. The summed E-state index contributed by atoms with van der Waals surface area (Å²) < 4.78 is 1.64. The number of rotatable bonds is 6. The highest BCUT2D eigenvalue weighted by Gasteiger charge is 2.13. The van der Waals surface area contributed by atoms with Crippen molar-refractivity contribution < 1.29 is 9.90 Å². The summed E-state index contributed by atoms with van der Waals surface area (Å²) in [6.45, 7) is 2.01. The van der Waals surface area contributed by atoms with Gasteiger partial charge in [-0.05, 0) is 29.5 Å². The van der Waals surface area contributed by atoms with E-state index in [-0.39, 0.29) is 0 Å². The minimum absolute atomic E-state index is 0.316. The summed E-state index contributed by atoms with van der Waals surface area (Å²) in [5.41, 5.74) is 7.47. The first-order chi connectivity index (χ1) is 9.58. The largest absolute Gasteiger partial charge is 0.480 e. The van der Waals surface area contributed by atoms with Crippen LogP contribution in [0.25, 0.3) is 5.69 Å². The van der Waals surface area contributed by atoms with E-state index in [0.29, 0.717) is 17.3 Å². The zero-order valence-electron chi connectivity index (χ0n) is 10.9. The van der Waals surface area contributed by atoms with Crippen molar-refractivity contribution in [1.29, 1.82) is 0 Å². The van der Waals surface area contributed by atoms with E-state index in [4.69, 9.17) is 10.8 Å².